The maximum absolute atomic E-state index is 13.7. The topological polar surface area (TPSA) is 74.1 Å². The zero-order valence-electron chi connectivity index (χ0n) is 13.6. The molecule has 0 saturated heterocycles. The van der Waals surface area contributed by atoms with Crippen LogP contribution in [-0.2, 0) is 17.9 Å². The maximum atomic E-state index is 13.7. The zero-order valence-corrected chi connectivity index (χ0v) is 13.6. The van der Waals surface area contributed by atoms with Gasteiger partial charge in [0.25, 0.3) is 0 Å². The Bertz CT molecular complexity index is 895. The van der Waals surface area contributed by atoms with Gasteiger partial charge in [0.1, 0.15) is 17.4 Å². The molecule has 0 fully saturated rings. The lowest BCUT2D eigenvalue weighted by atomic mass is 10.1. The van der Waals surface area contributed by atoms with Crippen LogP contribution in [0.2, 0.25) is 0 Å². The van der Waals surface area contributed by atoms with E-state index in [4.69, 9.17) is 9.47 Å². The quantitative estimate of drug-likeness (QED) is 0.786. The van der Waals surface area contributed by atoms with Gasteiger partial charge < -0.3 is 14.8 Å². The fourth-order valence-electron chi connectivity index (χ4n) is 2.66. The number of ether oxygens (including phenoxy) is 2. The Hall–Kier alpha value is -3.00. The summed E-state index contributed by atoms with van der Waals surface area (Å²) < 4.78 is 26.1. The Morgan fingerprint density at radius 1 is 1.24 bits per heavy atom. The molecule has 0 bridgehead atoms. The van der Waals surface area contributed by atoms with Crippen molar-refractivity contribution < 1.29 is 13.9 Å². The second-order valence-electron chi connectivity index (χ2n) is 5.70. The highest BCUT2D eigenvalue weighted by atomic mass is 19.1. The highest BCUT2D eigenvalue weighted by Gasteiger charge is 2.17. The Labute approximate surface area is 143 Å². The molecule has 0 amide bonds. The molecule has 8 heteroatoms. The van der Waals surface area contributed by atoms with Crippen LogP contribution in [0.5, 0.6) is 5.75 Å². The van der Waals surface area contributed by atoms with Gasteiger partial charge in [-0.05, 0) is 37.3 Å². The van der Waals surface area contributed by atoms with Gasteiger partial charge in [-0.1, -0.05) is 0 Å². The fraction of sp³-hybridized carbons (Fsp3) is 0.235. The van der Waals surface area contributed by atoms with Crippen molar-refractivity contribution in [3.05, 3.63) is 59.2 Å². The lowest BCUT2D eigenvalue weighted by Crippen LogP contribution is -2.15. The molecule has 1 aliphatic rings. The number of nitrogens with zero attached hydrogens (tertiary/aromatic N) is 4. The molecule has 1 N–H and O–H groups in total. The van der Waals surface area contributed by atoms with E-state index in [2.05, 4.69) is 20.6 Å². The van der Waals surface area contributed by atoms with Gasteiger partial charge in [-0.15, -0.1) is 10.2 Å². The van der Waals surface area contributed by atoms with E-state index in [0.29, 0.717) is 41.7 Å². The number of fused-ring (bicyclic) bond motifs is 1. The summed E-state index contributed by atoms with van der Waals surface area (Å²) in [4.78, 5) is 0. The van der Waals surface area contributed by atoms with Crippen LogP contribution in [-0.4, -0.2) is 26.8 Å². The number of aryl methyl sites for hydroxylation is 1. The molecule has 0 atom stereocenters. The van der Waals surface area contributed by atoms with Crippen LogP contribution in [0.15, 0.2) is 36.5 Å². The van der Waals surface area contributed by atoms with Crippen molar-refractivity contribution >= 4 is 5.82 Å². The third-order valence-corrected chi connectivity index (χ3v) is 3.82. The molecule has 4 rings (SSSR count). The number of halogens is 1. The highest BCUT2D eigenvalue weighted by Crippen LogP contribution is 2.29. The first kappa shape index (κ1) is 15.5. The van der Waals surface area contributed by atoms with Crippen LogP contribution < -0.4 is 10.1 Å². The molecule has 0 spiro atoms. The molecule has 128 valence electrons. The second-order valence-corrected chi connectivity index (χ2v) is 5.70. The predicted molar refractivity (Wildman–Crippen MR) is 87.9 cm³/mol. The monoisotopic (exact) mass is 341 g/mol. The van der Waals surface area contributed by atoms with E-state index in [0.717, 1.165) is 5.69 Å². The summed E-state index contributed by atoms with van der Waals surface area (Å²) in [6.07, 6.45) is 1.82. The Kier molecular flexibility index (Phi) is 4.02. The average molecular weight is 341 g/mol. The fourth-order valence-corrected chi connectivity index (χ4v) is 2.66. The van der Waals surface area contributed by atoms with Crippen molar-refractivity contribution in [1.82, 2.24) is 20.0 Å². The van der Waals surface area contributed by atoms with Gasteiger partial charge in [0.2, 0.25) is 0 Å². The summed E-state index contributed by atoms with van der Waals surface area (Å²) in [7, 11) is 0. The van der Waals surface area contributed by atoms with E-state index in [-0.39, 0.29) is 12.6 Å². The Balaban J connectivity index is 1.49. The van der Waals surface area contributed by atoms with Crippen LogP contribution in [0.25, 0.3) is 5.82 Å². The van der Waals surface area contributed by atoms with Gasteiger partial charge in [-0.3, -0.25) is 0 Å². The number of benzene rings is 1. The SMILES string of the molecule is Cc1ccn(-c2ccc(NCc3cc(F)cc4c3OCOC4)nn2)n1. The van der Waals surface area contributed by atoms with E-state index < -0.39 is 0 Å². The summed E-state index contributed by atoms with van der Waals surface area (Å²) in [5.74, 6) is 1.55. The molecule has 1 aromatic carbocycles. The zero-order chi connectivity index (χ0) is 17.2. The van der Waals surface area contributed by atoms with Crippen LogP contribution in [0.3, 0.4) is 0 Å². The van der Waals surface area contributed by atoms with Gasteiger partial charge in [-0.25, -0.2) is 9.07 Å². The molecule has 0 aliphatic carbocycles. The van der Waals surface area contributed by atoms with E-state index in [9.17, 15) is 4.39 Å². The predicted octanol–water partition coefficient (Wildman–Crippen LogP) is 2.59. The number of hydrogen-bond acceptors (Lipinski definition) is 6. The average Bonchev–Trinajstić information content (AvgIpc) is 3.06. The first-order valence-electron chi connectivity index (χ1n) is 7.81. The molecule has 1 aliphatic heterocycles. The third kappa shape index (κ3) is 3.29. The minimum atomic E-state index is -0.319. The van der Waals surface area contributed by atoms with Gasteiger partial charge in [0, 0.05) is 23.9 Å². The summed E-state index contributed by atoms with van der Waals surface area (Å²) in [5.41, 5.74) is 2.33. The lowest BCUT2D eigenvalue weighted by Gasteiger charge is -2.21. The molecule has 0 unspecified atom stereocenters. The van der Waals surface area contributed by atoms with Crippen molar-refractivity contribution in [2.24, 2.45) is 0 Å². The van der Waals surface area contributed by atoms with Crippen LogP contribution in [0, 0.1) is 12.7 Å². The molecule has 25 heavy (non-hydrogen) atoms. The van der Waals surface area contributed by atoms with Gasteiger partial charge in [-0.2, -0.15) is 5.10 Å². The highest BCUT2D eigenvalue weighted by molar-refractivity contribution is 5.45. The largest absolute Gasteiger partial charge is 0.467 e. The standard InChI is InChI=1S/C17H16FN5O2/c1-11-4-5-23(22-11)16-3-2-15(20-21-16)19-8-12-6-14(18)7-13-9-24-10-25-17(12)13/h2-7H,8-10H2,1H3,(H,19,20). The summed E-state index contributed by atoms with van der Waals surface area (Å²) in [6.45, 7) is 2.79. The molecule has 0 radical (unpaired) electrons. The van der Waals surface area contributed by atoms with Crippen LogP contribution in [0.1, 0.15) is 16.8 Å². The van der Waals surface area contributed by atoms with Crippen molar-refractivity contribution in [3.8, 4) is 11.6 Å². The molecule has 7 nitrogen and oxygen atoms in total. The van der Waals surface area contributed by atoms with Crippen LogP contribution in [0.4, 0.5) is 10.2 Å². The lowest BCUT2D eigenvalue weighted by molar-refractivity contribution is -0.0172. The number of hydrogen-bond donors (Lipinski definition) is 1. The number of rotatable bonds is 4. The molecular weight excluding hydrogens is 325 g/mol. The van der Waals surface area contributed by atoms with E-state index in [1.54, 1.807) is 10.7 Å². The number of nitrogens with one attached hydrogen (secondary N) is 1. The molecule has 3 aromatic rings. The second kappa shape index (κ2) is 6.48. The van der Waals surface area contributed by atoms with Crippen molar-refractivity contribution in [2.45, 2.75) is 20.1 Å². The summed E-state index contributed by atoms with van der Waals surface area (Å²) in [5, 5.41) is 15.7. The third-order valence-electron chi connectivity index (χ3n) is 3.82. The van der Waals surface area contributed by atoms with E-state index >= 15 is 0 Å². The van der Waals surface area contributed by atoms with Gasteiger partial charge in [0.15, 0.2) is 12.6 Å². The number of anilines is 1. The molecule has 3 heterocycles. The first-order chi connectivity index (χ1) is 12.2. The van der Waals surface area contributed by atoms with Crippen molar-refractivity contribution in [1.29, 1.82) is 0 Å². The van der Waals surface area contributed by atoms with Crippen molar-refractivity contribution in [3.63, 3.8) is 0 Å². The Morgan fingerprint density at radius 2 is 2.16 bits per heavy atom. The smallest absolute Gasteiger partial charge is 0.189 e. The number of aromatic nitrogens is 4. The minimum absolute atomic E-state index is 0.170. The first-order valence-corrected chi connectivity index (χ1v) is 7.81. The van der Waals surface area contributed by atoms with E-state index in [1.807, 2.05) is 25.3 Å². The minimum Gasteiger partial charge on any atom is -0.467 e. The molecule has 2 aromatic heterocycles. The van der Waals surface area contributed by atoms with Gasteiger partial charge in [0.05, 0.1) is 12.3 Å². The van der Waals surface area contributed by atoms with E-state index in [1.165, 1.54) is 12.1 Å². The van der Waals surface area contributed by atoms with Crippen molar-refractivity contribution in [2.75, 3.05) is 12.1 Å². The summed E-state index contributed by atoms with van der Waals surface area (Å²) >= 11 is 0. The summed E-state index contributed by atoms with van der Waals surface area (Å²) in [6, 6.07) is 8.39. The van der Waals surface area contributed by atoms with Gasteiger partial charge >= 0.3 is 0 Å². The van der Waals surface area contributed by atoms with Crippen LogP contribution >= 0.6 is 0 Å². The normalized spacial score (nSPS) is 13.2. The molecular formula is C17H16FN5O2. The molecule has 0 saturated carbocycles. The Morgan fingerprint density at radius 3 is 2.92 bits per heavy atom. The maximum Gasteiger partial charge on any atom is 0.189 e.